The molecule has 0 aromatic rings. The third-order valence-corrected chi connectivity index (χ3v) is 3.27. The number of ether oxygens (including phenoxy) is 2. The lowest BCUT2D eigenvalue weighted by Crippen LogP contribution is -2.20. The van der Waals surface area contributed by atoms with Gasteiger partial charge in [-0.2, -0.15) is 0 Å². The van der Waals surface area contributed by atoms with Crippen molar-refractivity contribution in [3.63, 3.8) is 0 Å². The second kappa shape index (κ2) is 12.2. The molecule has 128 valence electrons. The predicted molar refractivity (Wildman–Crippen MR) is 88.5 cm³/mol. The molecule has 0 aromatic carbocycles. The van der Waals surface area contributed by atoms with E-state index in [-0.39, 0.29) is 17.9 Å². The fourth-order valence-electron chi connectivity index (χ4n) is 2.16. The zero-order chi connectivity index (χ0) is 17.0. The Bertz CT molecular complexity index is 369. The van der Waals surface area contributed by atoms with Crippen LogP contribution in [0.1, 0.15) is 73.1 Å². The highest BCUT2D eigenvalue weighted by Gasteiger charge is 2.25. The van der Waals surface area contributed by atoms with Gasteiger partial charge in [0.15, 0.2) is 0 Å². The standard InChI is InChI=1S/C18H32O4/c1-6-9-10-11-15(17(19)21-12-7-2)16(14(4)5)18(20)22-13-8-3/h14H,6-13H2,1-5H3/b16-15-. The van der Waals surface area contributed by atoms with E-state index in [9.17, 15) is 9.59 Å². The van der Waals surface area contributed by atoms with Crippen molar-refractivity contribution in [2.24, 2.45) is 5.92 Å². The van der Waals surface area contributed by atoms with Crippen LogP contribution in [-0.4, -0.2) is 25.2 Å². The van der Waals surface area contributed by atoms with Gasteiger partial charge in [-0.25, -0.2) is 9.59 Å². The van der Waals surface area contributed by atoms with E-state index in [1.54, 1.807) is 0 Å². The van der Waals surface area contributed by atoms with E-state index in [1.807, 2.05) is 27.7 Å². The summed E-state index contributed by atoms with van der Waals surface area (Å²) in [5, 5.41) is 0. The Labute approximate surface area is 135 Å². The first-order valence-electron chi connectivity index (χ1n) is 8.56. The third kappa shape index (κ3) is 7.62. The van der Waals surface area contributed by atoms with E-state index in [2.05, 4.69) is 6.92 Å². The summed E-state index contributed by atoms with van der Waals surface area (Å²) in [7, 11) is 0. The molecule has 0 aliphatic carbocycles. The molecular weight excluding hydrogens is 280 g/mol. The van der Waals surface area contributed by atoms with Gasteiger partial charge in [-0.3, -0.25) is 0 Å². The van der Waals surface area contributed by atoms with Crippen molar-refractivity contribution in [3.8, 4) is 0 Å². The topological polar surface area (TPSA) is 52.6 Å². The van der Waals surface area contributed by atoms with Crippen LogP contribution in [0.4, 0.5) is 0 Å². The Morgan fingerprint density at radius 2 is 1.36 bits per heavy atom. The summed E-state index contributed by atoms with van der Waals surface area (Å²) in [6.07, 6.45) is 5.08. The highest BCUT2D eigenvalue weighted by molar-refractivity contribution is 6.00. The van der Waals surface area contributed by atoms with Crippen molar-refractivity contribution >= 4 is 11.9 Å². The minimum atomic E-state index is -0.378. The highest BCUT2D eigenvalue weighted by Crippen LogP contribution is 2.23. The Hall–Kier alpha value is -1.32. The van der Waals surface area contributed by atoms with Crippen LogP contribution in [0, 0.1) is 5.92 Å². The summed E-state index contributed by atoms with van der Waals surface area (Å²) in [5.74, 6) is -0.804. The second-order valence-corrected chi connectivity index (χ2v) is 5.78. The molecule has 0 heterocycles. The Morgan fingerprint density at radius 3 is 1.82 bits per heavy atom. The summed E-state index contributed by atoms with van der Waals surface area (Å²) in [5.41, 5.74) is 0.976. The minimum Gasteiger partial charge on any atom is -0.462 e. The summed E-state index contributed by atoms with van der Waals surface area (Å²) in [6, 6.07) is 0. The lowest BCUT2D eigenvalue weighted by molar-refractivity contribution is -0.143. The first-order valence-corrected chi connectivity index (χ1v) is 8.56. The summed E-state index contributed by atoms with van der Waals surface area (Å²) in [6.45, 7) is 10.6. The fraction of sp³-hybridized carbons (Fsp3) is 0.778. The van der Waals surface area contributed by atoms with Crippen molar-refractivity contribution in [1.29, 1.82) is 0 Å². The number of unbranched alkanes of at least 4 members (excludes halogenated alkanes) is 2. The monoisotopic (exact) mass is 312 g/mol. The minimum absolute atomic E-state index is 0.0600. The van der Waals surface area contributed by atoms with Gasteiger partial charge in [-0.05, 0) is 31.6 Å². The molecule has 0 aliphatic rings. The number of carbonyl (C=O) groups excluding carboxylic acids is 2. The largest absolute Gasteiger partial charge is 0.462 e. The fourth-order valence-corrected chi connectivity index (χ4v) is 2.16. The van der Waals surface area contributed by atoms with E-state index in [0.717, 1.165) is 32.1 Å². The number of esters is 2. The molecule has 0 unspecified atom stereocenters. The zero-order valence-electron chi connectivity index (χ0n) is 14.9. The van der Waals surface area contributed by atoms with Crippen LogP contribution in [0.15, 0.2) is 11.1 Å². The van der Waals surface area contributed by atoms with E-state index in [4.69, 9.17) is 9.47 Å². The molecule has 0 spiro atoms. The van der Waals surface area contributed by atoms with E-state index < -0.39 is 0 Å². The molecule has 0 saturated heterocycles. The number of hydrogen-bond acceptors (Lipinski definition) is 4. The molecule has 0 aliphatic heterocycles. The van der Waals surface area contributed by atoms with Crippen molar-refractivity contribution in [3.05, 3.63) is 11.1 Å². The van der Waals surface area contributed by atoms with Gasteiger partial charge in [0, 0.05) is 5.57 Å². The molecule has 0 amide bonds. The maximum Gasteiger partial charge on any atom is 0.334 e. The number of rotatable bonds is 11. The number of hydrogen-bond donors (Lipinski definition) is 0. The third-order valence-electron chi connectivity index (χ3n) is 3.27. The molecule has 0 bridgehead atoms. The molecule has 0 radical (unpaired) electrons. The average molecular weight is 312 g/mol. The van der Waals surface area contributed by atoms with Crippen molar-refractivity contribution in [1.82, 2.24) is 0 Å². The molecule has 4 nitrogen and oxygen atoms in total. The molecule has 22 heavy (non-hydrogen) atoms. The zero-order valence-corrected chi connectivity index (χ0v) is 14.9. The lowest BCUT2D eigenvalue weighted by Gasteiger charge is -2.17. The van der Waals surface area contributed by atoms with Crippen LogP contribution in [-0.2, 0) is 19.1 Å². The van der Waals surface area contributed by atoms with Crippen molar-refractivity contribution < 1.29 is 19.1 Å². The van der Waals surface area contributed by atoms with Crippen molar-refractivity contribution in [2.75, 3.05) is 13.2 Å². The normalized spacial score (nSPS) is 12.1. The van der Waals surface area contributed by atoms with Crippen LogP contribution in [0.3, 0.4) is 0 Å². The van der Waals surface area contributed by atoms with Crippen LogP contribution >= 0.6 is 0 Å². The molecule has 4 heteroatoms. The number of carbonyl (C=O) groups is 2. The molecule has 0 N–H and O–H groups in total. The summed E-state index contributed by atoms with van der Waals surface area (Å²) in [4.78, 5) is 24.6. The SMILES string of the molecule is CCCCC/C(C(=O)OCCC)=C(/C(=O)OCCC)C(C)C. The van der Waals surface area contributed by atoms with E-state index in [1.165, 1.54) is 0 Å². The Morgan fingerprint density at radius 1 is 0.818 bits per heavy atom. The molecular formula is C18H32O4. The van der Waals surface area contributed by atoms with Gasteiger partial charge in [0.05, 0.1) is 18.8 Å². The first kappa shape index (κ1) is 20.7. The molecule has 0 fully saturated rings. The van der Waals surface area contributed by atoms with Crippen LogP contribution in [0.2, 0.25) is 0 Å². The first-order chi connectivity index (χ1) is 10.5. The van der Waals surface area contributed by atoms with E-state index in [0.29, 0.717) is 30.8 Å². The van der Waals surface area contributed by atoms with Gasteiger partial charge in [-0.1, -0.05) is 47.5 Å². The van der Waals surface area contributed by atoms with Gasteiger partial charge in [-0.15, -0.1) is 0 Å². The van der Waals surface area contributed by atoms with Crippen LogP contribution < -0.4 is 0 Å². The summed E-state index contributed by atoms with van der Waals surface area (Å²) < 4.78 is 10.5. The maximum absolute atomic E-state index is 12.3. The average Bonchev–Trinajstić information content (AvgIpc) is 2.49. The second-order valence-electron chi connectivity index (χ2n) is 5.78. The van der Waals surface area contributed by atoms with Gasteiger partial charge in [0.2, 0.25) is 0 Å². The van der Waals surface area contributed by atoms with Crippen LogP contribution in [0.25, 0.3) is 0 Å². The van der Waals surface area contributed by atoms with Gasteiger partial charge >= 0.3 is 11.9 Å². The smallest absolute Gasteiger partial charge is 0.334 e. The molecule has 0 aromatic heterocycles. The Balaban J connectivity index is 5.35. The van der Waals surface area contributed by atoms with Gasteiger partial charge < -0.3 is 9.47 Å². The van der Waals surface area contributed by atoms with E-state index >= 15 is 0 Å². The van der Waals surface area contributed by atoms with Gasteiger partial charge in [0.1, 0.15) is 0 Å². The molecule has 0 saturated carbocycles. The quantitative estimate of drug-likeness (QED) is 0.322. The van der Waals surface area contributed by atoms with Crippen molar-refractivity contribution in [2.45, 2.75) is 73.1 Å². The highest BCUT2D eigenvalue weighted by atomic mass is 16.5. The van der Waals surface area contributed by atoms with Gasteiger partial charge in [0.25, 0.3) is 0 Å². The summed E-state index contributed by atoms with van der Waals surface area (Å²) >= 11 is 0. The Kier molecular flexibility index (Phi) is 11.5. The predicted octanol–water partition coefficient (Wildman–Crippen LogP) is 4.43. The molecule has 0 atom stereocenters. The molecule has 0 rings (SSSR count). The lowest BCUT2D eigenvalue weighted by atomic mass is 9.93. The maximum atomic E-state index is 12.3. The van der Waals surface area contributed by atoms with Crippen LogP contribution in [0.5, 0.6) is 0 Å².